The highest BCUT2D eigenvalue weighted by Gasteiger charge is 2.30. The van der Waals surface area contributed by atoms with E-state index >= 15 is 0 Å². The van der Waals surface area contributed by atoms with E-state index in [4.69, 9.17) is 11.6 Å². The molecule has 2 aromatic rings. The van der Waals surface area contributed by atoms with Gasteiger partial charge in [0, 0.05) is 23.4 Å². The van der Waals surface area contributed by atoms with Crippen molar-refractivity contribution in [1.82, 2.24) is 0 Å². The minimum absolute atomic E-state index is 0.0955. The van der Waals surface area contributed by atoms with E-state index < -0.39 is 11.0 Å². The van der Waals surface area contributed by atoms with Gasteiger partial charge in [0.2, 0.25) is 0 Å². The van der Waals surface area contributed by atoms with Crippen molar-refractivity contribution in [2.45, 2.75) is 6.04 Å². The third-order valence-electron chi connectivity index (χ3n) is 3.26. The van der Waals surface area contributed by atoms with Crippen LogP contribution in [0.4, 0.5) is 17.1 Å². The van der Waals surface area contributed by atoms with Crippen molar-refractivity contribution in [3.63, 3.8) is 0 Å². The average Bonchev–Trinajstić information content (AvgIpc) is 2.77. The molecule has 0 bridgehead atoms. The van der Waals surface area contributed by atoms with E-state index in [9.17, 15) is 14.9 Å². The lowest BCUT2D eigenvalue weighted by atomic mass is 10.1. The number of anilines is 2. The molecule has 7 heteroatoms. The summed E-state index contributed by atoms with van der Waals surface area (Å²) in [6, 6.07) is 10.8. The summed E-state index contributed by atoms with van der Waals surface area (Å²) in [5.41, 5.74) is 1.94. The Morgan fingerprint density at radius 2 is 2.00 bits per heavy atom. The Labute approximate surface area is 124 Å². The quantitative estimate of drug-likeness (QED) is 0.672. The predicted octanol–water partition coefficient (Wildman–Crippen LogP) is 3.35. The Morgan fingerprint density at radius 1 is 1.24 bits per heavy atom. The number of benzene rings is 2. The highest BCUT2D eigenvalue weighted by Crippen LogP contribution is 2.35. The number of halogens is 1. The second-order valence-corrected chi connectivity index (χ2v) is 4.98. The Kier molecular flexibility index (Phi) is 3.23. The number of carbonyl (C=O) groups is 1. The van der Waals surface area contributed by atoms with Crippen molar-refractivity contribution in [1.29, 1.82) is 0 Å². The van der Waals surface area contributed by atoms with E-state index in [0.717, 1.165) is 11.3 Å². The molecule has 1 amide bonds. The molecule has 2 N–H and O–H groups in total. The minimum Gasteiger partial charge on any atom is -0.369 e. The number of nitrogens with zero attached hydrogens (tertiary/aromatic N) is 1. The molecule has 1 aliphatic rings. The monoisotopic (exact) mass is 303 g/mol. The lowest BCUT2D eigenvalue weighted by Gasteiger charge is -2.14. The smallest absolute Gasteiger partial charge is 0.271 e. The highest BCUT2D eigenvalue weighted by atomic mass is 35.5. The number of fused-ring (bicyclic) bond motifs is 1. The summed E-state index contributed by atoms with van der Waals surface area (Å²) >= 11 is 6.03. The van der Waals surface area contributed by atoms with Gasteiger partial charge in [0.15, 0.2) is 0 Å². The van der Waals surface area contributed by atoms with Gasteiger partial charge >= 0.3 is 0 Å². The molecular weight excluding hydrogens is 294 g/mol. The molecule has 21 heavy (non-hydrogen) atoms. The zero-order valence-electron chi connectivity index (χ0n) is 10.7. The van der Waals surface area contributed by atoms with Crippen molar-refractivity contribution in [2.75, 3.05) is 10.6 Å². The first-order valence-electron chi connectivity index (χ1n) is 6.16. The Morgan fingerprint density at radius 3 is 2.71 bits per heavy atom. The maximum absolute atomic E-state index is 12.0. The van der Waals surface area contributed by atoms with Gasteiger partial charge in [-0.15, -0.1) is 0 Å². The van der Waals surface area contributed by atoms with E-state index in [1.165, 1.54) is 18.2 Å². The summed E-state index contributed by atoms with van der Waals surface area (Å²) in [7, 11) is 0. The van der Waals surface area contributed by atoms with Gasteiger partial charge in [-0.1, -0.05) is 29.8 Å². The molecule has 6 nitrogen and oxygen atoms in total. The van der Waals surface area contributed by atoms with Crippen molar-refractivity contribution in [3.05, 3.63) is 63.2 Å². The summed E-state index contributed by atoms with van der Waals surface area (Å²) < 4.78 is 0. The molecular formula is C14H10ClN3O3. The molecule has 3 rings (SSSR count). The standard InChI is InChI=1S/C14H10ClN3O3/c15-10-7-8(18(20)21)5-6-12(10)16-13-9-3-1-2-4-11(9)17-14(13)19/h1-7,13,16H,(H,17,19). The van der Waals surface area contributed by atoms with Crippen LogP contribution in [0, 0.1) is 10.1 Å². The van der Waals surface area contributed by atoms with Crippen LogP contribution < -0.4 is 10.6 Å². The molecule has 0 saturated heterocycles. The second kappa shape index (κ2) is 5.06. The molecule has 1 atom stereocenters. The van der Waals surface area contributed by atoms with Gasteiger partial charge in [0.1, 0.15) is 6.04 Å². The summed E-state index contributed by atoms with van der Waals surface area (Å²) in [6.07, 6.45) is 0. The number of carbonyl (C=O) groups excluding carboxylic acids is 1. The van der Waals surface area contributed by atoms with E-state index in [-0.39, 0.29) is 16.6 Å². The molecule has 0 radical (unpaired) electrons. The number of nitro groups is 1. The number of para-hydroxylation sites is 1. The third kappa shape index (κ3) is 2.41. The maximum atomic E-state index is 12.0. The van der Waals surface area contributed by atoms with Crippen LogP contribution in [0.15, 0.2) is 42.5 Å². The van der Waals surface area contributed by atoms with Crippen molar-refractivity contribution in [2.24, 2.45) is 0 Å². The Hall–Kier alpha value is -2.60. The van der Waals surface area contributed by atoms with Gasteiger partial charge in [0.05, 0.1) is 15.6 Å². The van der Waals surface area contributed by atoms with E-state index in [1.54, 1.807) is 0 Å². The summed E-state index contributed by atoms with van der Waals surface area (Å²) in [4.78, 5) is 22.2. The number of nitrogens with one attached hydrogen (secondary N) is 2. The van der Waals surface area contributed by atoms with Crippen LogP contribution in [0.1, 0.15) is 11.6 Å². The number of amides is 1. The van der Waals surface area contributed by atoms with Gasteiger partial charge in [0.25, 0.3) is 11.6 Å². The second-order valence-electron chi connectivity index (χ2n) is 4.58. The fourth-order valence-electron chi connectivity index (χ4n) is 2.24. The number of non-ortho nitro benzene ring substituents is 1. The van der Waals surface area contributed by atoms with Crippen LogP contribution in [-0.4, -0.2) is 10.8 Å². The topological polar surface area (TPSA) is 84.3 Å². The van der Waals surface area contributed by atoms with Gasteiger partial charge in [-0.3, -0.25) is 14.9 Å². The maximum Gasteiger partial charge on any atom is 0.271 e. The minimum atomic E-state index is -0.569. The van der Waals surface area contributed by atoms with Crippen LogP contribution in [0.3, 0.4) is 0 Å². The normalized spacial score (nSPS) is 16.2. The lowest BCUT2D eigenvalue weighted by Crippen LogP contribution is -2.19. The van der Waals surface area contributed by atoms with E-state index in [1.807, 2.05) is 24.3 Å². The largest absolute Gasteiger partial charge is 0.369 e. The summed E-state index contributed by atoms with van der Waals surface area (Å²) in [5, 5.41) is 16.7. The first kappa shape index (κ1) is 13.4. The first-order valence-corrected chi connectivity index (χ1v) is 6.54. The Bertz CT molecular complexity index is 748. The van der Waals surface area contributed by atoms with Gasteiger partial charge in [-0.2, -0.15) is 0 Å². The number of hydrogen-bond donors (Lipinski definition) is 2. The van der Waals surface area contributed by atoms with Crippen LogP contribution in [0.5, 0.6) is 0 Å². The van der Waals surface area contributed by atoms with Gasteiger partial charge in [-0.05, 0) is 12.1 Å². The molecule has 0 fully saturated rings. The van der Waals surface area contributed by atoms with E-state index in [2.05, 4.69) is 10.6 Å². The van der Waals surface area contributed by atoms with Gasteiger partial charge in [-0.25, -0.2) is 0 Å². The number of nitro benzene ring substituents is 1. The summed E-state index contributed by atoms with van der Waals surface area (Å²) in [5.74, 6) is -0.189. The van der Waals surface area contributed by atoms with Crippen LogP contribution in [0.2, 0.25) is 5.02 Å². The molecule has 0 aliphatic carbocycles. The van der Waals surface area contributed by atoms with Crippen LogP contribution >= 0.6 is 11.6 Å². The zero-order valence-corrected chi connectivity index (χ0v) is 11.4. The number of hydrogen-bond acceptors (Lipinski definition) is 4. The van der Waals surface area contributed by atoms with Crippen LogP contribution in [-0.2, 0) is 4.79 Å². The fourth-order valence-corrected chi connectivity index (χ4v) is 2.47. The lowest BCUT2D eigenvalue weighted by molar-refractivity contribution is -0.384. The molecule has 1 heterocycles. The third-order valence-corrected chi connectivity index (χ3v) is 3.57. The fraction of sp³-hybridized carbons (Fsp3) is 0.0714. The predicted molar refractivity (Wildman–Crippen MR) is 79.5 cm³/mol. The summed E-state index contributed by atoms with van der Waals surface area (Å²) in [6.45, 7) is 0. The molecule has 1 unspecified atom stereocenters. The molecule has 1 aliphatic heterocycles. The van der Waals surface area contributed by atoms with Gasteiger partial charge < -0.3 is 10.6 Å². The molecule has 106 valence electrons. The molecule has 2 aromatic carbocycles. The molecule has 0 saturated carbocycles. The molecule has 0 aromatic heterocycles. The number of rotatable bonds is 3. The van der Waals surface area contributed by atoms with Crippen molar-refractivity contribution >= 4 is 34.6 Å². The Balaban J connectivity index is 1.91. The van der Waals surface area contributed by atoms with Crippen molar-refractivity contribution < 1.29 is 9.72 Å². The van der Waals surface area contributed by atoms with E-state index in [0.29, 0.717) is 5.69 Å². The van der Waals surface area contributed by atoms with Crippen LogP contribution in [0.25, 0.3) is 0 Å². The van der Waals surface area contributed by atoms with Crippen molar-refractivity contribution in [3.8, 4) is 0 Å². The molecule has 0 spiro atoms. The first-order chi connectivity index (χ1) is 10.1. The zero-order chi connectivity index (χ0) is 15.0. The highest BCUT2D eigenvalue weighted by molar-refractivity contribution is 6.33. The average molecular weight is 304 g/mol. The SMILES string of the molecule is O=C1Nc2ccccc2C1Nc1ccc([N+](=O)[O-])cc1Cl.